The first kappa shape index (κ1) is 31.3. The predicted molar refractivity (Wildman–Crippen MR) is 153 cm³/mol. The number of unbranched alkanes of at least 4 members (excludes halogenated alkanes) is 1. The molecule has 0 saturated heterocycles. The van der Waals surface area contributed by atoms with Gasteiger partial charge in [0.2, 0.25) is 5.78 Å². The Morgan fingerprint density at radius 1 is 1.11 bits per heavy atom. The molecule has 44 heavy (non-hydrogen) atoms. The summed E-state index contributed by atoms with van der Waals surface area (Å²) in [5.74, 6) is -6.60. The molecule has 4 unspecified atom stereocenters. The average molecular weight is 615 g/mol. The zero-order valence-electron chi connectivity index (χ0n) is 24.4. The number of hydrogen-bond acceptors (Lipinski definition) is 8. The van der Waals surface area contributed by atoms with E-state index in [4.69, 9.17) is 10.5 Å². The number of aliphatic hydroxyl groups excluding tert-OH is 2. The van der Waals surface area contributed by atoms with Crippen molar-refractivity contribution in [1.29, 1.82) is 0 Å². The maximum atomic E-state index is 14.3. The molecule has 5 N–H and O–H groups in total. The van der Waals surface area contributed by atoms with Crippen LogP contribution >= 0.6 is 0 Å². The number of nitrogens with two attached hydrogens (primary N) is 1. The maximum absolute atomic E-state index is 14.3. The number of alkyl halides is 3. The number of Topliss-reactive ketones (excluding diaryl/α,β-unsaturated/α-hetero) is 2. The third kappa shape index (κ3) is 4.76. The third-order valence-electron chi connectivity index (χ3n) is 8.87. The first-order chi connectivity index (χ1) is 20.6. The number of fused-ring (bicyclic) bond motifs is 3. The number of rotatable bonds is 7. The summed E-state index contributed by atoms with van der Waals surface area (Å²) >= 11 is 0. The van der Waals surface area contributed by atoms with E-state index < -0.39 is 69.8 Å². The fraction of sp³-hybridized carbons (Fsp3) is 0.406. The van der Waals surface area contributed by atoms with Crippen LogP contribution in [0.1, 0.15) is 47.7 Å². The van der Waals surface area contributed by atoms with Crippen LogP contribution in [0, 0.1) is 11.8 Å². The summed E-state index contributed by atoms with van der Waals surface area (Å²) in [5.41, 5.74) is 2.23. The molecule has 0 radical (unpaired) electrons. The van der Waals surface area contributed by atoms with Gasteiger partial charge in [-0.3, -0.25) is 19.3 Å². The zero-order valence-corrected chi connectivity index (χ0v) is 24.4. The average Bonchev–Trinajstić information content (AvgIpc) is 2.94. The van der Waals surface area contributed by atoms with Gasteiger partial charge in [0.05, 0.1) is 23.8 Å². The lowest BCUT2D eigenvalue weighted by atomic mass is 9.58. The van der Waals surface area contributed by atoms with Crippen LogP contribution < -0.4 is 10.5 Å². The second-order valence-corrected chi connectivity index (χ2v) is 11.7. The first-order valence-electron chi connectivity index (χ1n) is 14.3. The van der Waals surface area contributed by atoms with Gasteiger partial charge in [-0.15, -0.1) is 0 Å². The number of allylic oxidation sites excluding steroid dienone is 1. The van der Waals surface area contributed by atoms with E-state index in [1.54, 1.807) is 20.2 Å². The number of ketones is 2. The normalized spacial score (nSPS) is 25.1. The Morgan fingerprint density at radius 3 is 2.34 bits per heavy atom. The number of amides is 1. The lowest BCUT2D eigenvalue weighted by molar-refractivity contribution is -0.148. The van der Waals surface area contributed by atoms with Crippen molar-refractivity contribution in [3.05, 3.63) is 75.8 Å². The number of carbonyl (C=O) groups is 3. The summed E-state index contributed by atoms with van der Waals surface area (Å²) in [6, 6.07) is 6.64. The number of hydrogen-bond donors (Lipinski definition) is 4. The number of ether oxygens (including phenoxy) is 1. The Morgan fingerprint density at radius 2 is 1.77 bits per heavy atom. The van der Waals surface area contributed by atoms with Crippen molar-refractivity contribution in [2.45, 2.75) is 50.4 Å². The van der Waals surface area contributed by atoms with E-state index in [0.717, 1.165) is 18.6 Å². The summed E-state index contributed by atoms with van der Waals surface area (Å²) in [6.07, 6.45) is -3.00. The van der Waals surface area contributed by atoms with Gasteiger partial charge in [0.1, 0.15) is 22.8 Å². The van der Waals surface area contributed by atoms with Gasteiger partial charge in [-0.25, -0.2) is 0 Å². The Labute approximate surface area is 251 Å². The summed E-state index contributed by atoms with van der Waals surface area (Å²) < 4.78 is 45.7. The van der Waals surface area contributed by atoms with E-state index in [0.29, 0.717) is 23.1 Å². The maximum Gasteiger partial charge on any atom is 0.416 e. The Balaban J connectivity index is 1.70. The van der Waals surface area contributed by atoms with Crippen LogP contribution in [-0.2, 0) is 22.2 Å². The molecule has 0 heterocycles. The molecule has 5 rings (SSSR count). The molecule has 0 aromatic heterocycles. The van der Waals surface area contributed by atoms with E-state index >= 15 is 0 Å². The Kier molecular flexibility index (Phi) is 7.88. The van der Waals surface area contributed by atoms with Gasteiger partial charge in [-0.2, -0.15) is 13.2 Å². The van der Waals surface area contributed by atoms with Crippen LogP contribution in [0.5, 0.6) is 5.75 Å². The van der Waals surface area contributed by atoms with E-state index in [-0.39, 0.29) is 36.3 Å². The molecule has 9 nitrogen and oxygen atoms in total. The molecule has 0 bridgehead atoms. The molecular weight excluding hydrogens is 581 g/mol. The van der Waals surface area contributed by atoms with Gasteiger partial charge in [0.25, 0.3) is 5.91 Å². The number of primary amides is 1. The number of benzene rings is 2. The zero-order chi connectivity index (χ0) is 32.3. The smallest absolute Gasteiger partial charge is 0.416 e. The van der Waals surface area contributed by atoms with Crippen LogP contribution in [0.15, 0.2) is 59.1 Å². The summed E-state index contributed by atoms with van der Waals surface area (Å²) in [6.45, 7) is 2.23. The van der Waals surface area contributed by atoms with Crippen molar-refractivity contribution >= 4 is 17.5 Å². The van der Waals surface area contributed by atoms with Gasteiger partial charge in [-0.1, -0.05) is 31.5 Å². The molecule has 0 fully saturated rings. The van der Waals surface area contributed by atoms with Crippen LogP contribution in [-0.4, -0.2) is 70.0 Å². The number of carbonyl (C=O) groups excluding carboxylic acids is 3. The van der Waals surface area contributed by atoms with E-state index in [2.05, 4.69) is 0 Å². The minimum absolute atomic E-state index is 0.0564. The lowest BCUT2D eigenvalue weighted by Gasteiger charge is -2.50. The van der Waals surface area contributed by atoms with Gasteiger partial charge in [0, 0.05) is 11.5 Å². The minimum Gasteiger partial charge on any atom is -0.510 e. The topological polar surface area (TPSA) is 150 Å². The lowest BCUT2D eigenvalue weighted by Crippen LogP contribution is -2.63. The fourth-order valence-corrected chi connectivity index (χ4v) is 6.79. The summed E-state index contributed by atoms with van der Waals surface area (Å²) in [4.78, 5) is 41.5. The van der Waals surface area contributed by atoms with Crippen LogP contribution in [0.2, 0.25) is 0 Å². The highest BCUT2D eigenvalue weighted by Gasteiger charge is 2.63. The molecule has 1 amide bonds. The number of nitrogens with zero attached hydrogens (tertiary/aromatic N) is 1. The molecule has 4 atom stereocenters. The minimum atomic E-state index is -4.53. The molecular formula is C32H33F3N2O7. The summed E-state index contributed by atoms with van der Waals surface area (Å²) in [5, 5.41) is 34.4. The van der Waals surface area contributed by atoms with Crippen molar-refractivity contribution < 1.29 is 47.6 Å². The van der Waals surface area contributed by atoms with Crippen LogP contribution in [0.4, 0.5) is 13.2 Å². The highest BCUT2D eigenvalue weighted by Crippen LogP contribution is 2.53. The Hall–Kier alpha value is -4.16. The molecule has 0 saturated carbocycles. The van der Waals surface area contributed by atoms with Gasteiger partial charge >= 0.3 is 6.18 Å². The molecule has 234 valence electrons. The highest BCUT2D eigenvalue weighted by atomic mass is 19.4. The number of likely N-dealkylation sites (N-methyl/N-ethyl adjacent to an activating group) is 1. The van der Waals surface area contributed by atoms with Gasteiger partial charge in [0.15, 0.2) is 11.4 Å². The molecule has 0 spiro atoms. The third-order valence-corrected chi connectivity index (χ3v) is 8.87. The SMILES string of the molecule is CCCCOc1ccc(-c2ccc(C(F)(F)F)cc2)c2c1C(=O)C1=C(O)C3(O)C(=O)C(C(N)=O)=C(O)C(N(C)C)C3CC1C2. The molecule has 2 aromatic rings. The number of halogens is 3. The van der Waals surface area contributed by atoms with Crippen LogP contribution in [0.25, 0.3) is 11.1 Å². The molecule has 3 aliphatic carbocycles. The van der Waals surface area contributed by atoms with Crippen molar-refractivity contribution in [3.8, 4) is 16.9 Å². The van der Waals surface area contributed by atoms with E-state index in [1.165, 1.54) is 23.1 Å². The molecule has 2 aromatic carbocycles. The van der Waals surface area contributed by atoms with Crippen molar-refractivity contribution in [3.63, 3.8) is 0 Å². The van der Waals surface area contributed by atoms with E-state index in [1.807, 2.05) is 6.92 Å². The quantitative estimate of drug-likeness (QED) is 0.267. The van der Waals surface area contributed by atoms with Gasteiger partial charge in [-0.05, 0) is 74.2 Å². The van der Waals surface area contributed by atoms with Crippen LogP contribution in [0.3, 0.4) is 0 Å². The highest BCUT2D eigenvalue weighted by molar-refractivity contribution is 6.25. The predicted octanol–water partition coefficient (Wildman–Crippen LogP) is 4.28. The van der Waals surface area contributed by atoms with Gasteiger partial charge < -0.3 is 25.8 Å². The summed E-state index contributed by atoms with van der Waals surface area (Å²) in [7, 11) is 3.10. The standard InChI is InChI=1S/C32H33F3N2O7/c1-4-5-12-44-21-11-10-18(15-6-8-17(9-7-15)32(33,34)35)19-13-16-14-20-25(37(2)3)27(39)24(30(36)42)29(41)31(20,43)28(40)22(16)26(38)23(19)21/h6-11,16,20,25,39-40,43H,4-5,12-14H2,1-3H3,(H2,36,42). The second kappa shape index (κ2) is 11.1. The largest absolute Gasteiger partial charge is 0.510 e. The fourth-order valence-electron chi connectivity index (χ4n) is 6.79. The van der Waals surface area contributed by atoms with Crippen molar-refractivity contribution in [2.75, 3.05) is 20.7 Å². The van der Waals surface area contributed by atoms with Crippen molar-refractivity contribution in [2.24, 2.45) is 17.6 Å². The number of aliphatic hydroxyl groups is 3. The second-order valence-electron chi connectivity index (χ2n) is 11.7. The molecule has 12 heteroatoms. The van der Waals surface area contributed by atoms with E-state index in [9.17, 15) is 42.9 Å². The van der Waals surface area contributed by atoms with Crippen molar-refractivity contribution in [1.82, 2.24) is 4.90 Å². The molecule has 0 aliphatic heterocycles. The monoisotopic (exact) mass is 614 g/mol. The Bertz CT molecular complexity index is 1610. The first-order valence-corrected chi connectivity index (χ1v) is 14.3. The molecule has 3 aliphatic rings.